The Kier molecular flexibility index (Phi) is 8.92. The zero-order valence-corrected chi connectivity index (χ0v) is 23.2. The van der Waals surface area contributed by atoms with Crippen molar-refractivity contribution in [2.24, 2.45) is 13.0 Å². The third-order valence-corrected chi connectivity index (χ3v) is 9.23. The molecule has 0 radical (unpaired) electrons. The van der Waals surface area contributed by atoms with Crippen LogP contribution in [0.3, 0.4) is 0 Å². The molecule has 0 saturated carbocycles. The van der Waals surface area contributed by atoms with Crippen LogP contribution in [0, 0.1) is 5.92 Å². The molecule has 10 nitrogen and oxygen atoms in total. The molecule has 1 aliphatic rings. The van der Waals surface area contributed by atoms with Gasteiger partial charge < -0.3 is 24.5 Å². The van der Waals surface area contributed by atoms with Crippen molar-refractivity contribution in [3.05, 3.63) is 39.8 Å². The Labute approximate surface area is 223 Å². The number of nitrogens with one attached hydrogen (secondary N) is 1. The predicted molar refractivity (Wildman–Crippen MR) is 146 cm³/mol. The van der Waals surface area contributed by atoms with Gasteiger partial charge in [0.15, 0.2) is 0 Å². The second-order valence-electron chi connectivity index (χ2n) is 9.87. The highest BCUT2D eigenvalue weighted by atomic mass is 32.2. The maximum absolute atomic E-state index is 13.6. The van der Waals surface area contributed by atoms with Crippen LogP contribution in [0.2, 0.25) is 0 Å². The molecule has 1 aromatic carbocycles. The lowest BCUT2D eigenvalue weighted by Gasteiger charge is -2.31. The SMILES string of the molecule is CCCOc1ccc(S(=O)(=O)N2CCC(CCO)CC2)cc1-c1nc2c(CCC)c(CO)n(C)c2c(=O)[nH]1. The number of aryl methyl sites for hydroxylation is 2. The van der Waals surface area contributed by atoms with E-state index in [2.05, 4.69) is 4.98 Å². The number of fused-ring (bicyclic) bond motifs is 1. The Balaban J connectivity index is 1.82. The first-order valence-corrected chi connectivity index (χ1v) is 14.8. The first kappa shape index (κ1) is 28.3. The highest BCUT2D eigenvalue weighted by Gasteiger charge is 2.30. The van der Waals surface area contributed by atoms with Gasteiger partial charge in [-0.05, 0) is 56.2 Å². The summed E-state index contributed by atoms with van der Waals surface area (Å²) in [6.07, 6.45) is 4.30. The zero-order chi connectivity index (χ0) is 27.4. The van der Waals surface area contributed by atoms with Crippen LogP contribution < -0.4 is 10.3 Å². The van der Waals surface area contributed by atoms with Crippen LogP contribution in [-0.4, -0.2) is 63.8 Å². The number of rotatable bonds is 11. The van der Waals surface area contributed by atoms with Gasteiger partial charge in [-0.25, -0.2) is 13.4 Å². The first-order chi connectivity index (χ1) is 18.3. The van der Waals surface area contributed by atoms with Gasteiger partial charge in [0.05, 0.1) is 29.2 Å². The van der Waals surface area contributed by atoms with Gasteiger partial charge in [-0.1, -0.05) is 20.3 Å². The summed E-state index contributed by atoms with van der Waals surface area (Å²) in [6.45, 7) is 5.10. The second-order valence-corrected chi connectivity index (χ2v) is 11.8. The van der Waals surface area contributed by atoms with E-state index in [4.69, 9.17) is 9.72 Å². The number of sulfonamides is 1. The summed E-state index contributed by atoms with van der Waals surface area (Å²) in [4.78, 5) is 21.0. The molecule has 3 heterocycles. The zero-order valence-electron chi connectivity index (χ0n) is 22.4. The molecule has 1 aliphatic heterocycles. The van der Waals surface area contributed by atoms with Crippen molar-refractivity contribution in [2.45, 2.75) is 63.9 Å². The molecular weight excluding hydrogens is 508 g/mol. The van der Waals surface area contributed by atoms with E-state index in [-0.39, 0.29) is 29.5 Å². The lowest BCUT2D eigenvalue weighted by atomic mass is 9.95. The molecule has 0 amide bonds. The average Bonchev–Trinajstić information content (AvgIpc) is 3.18. The Morgan fingerprint density at radius 2 is 1.89 bits per heavy atom. The molecule has 1 fully saturated rings. The molecule has 0 unspecified atom stereocenters. The average molecular weight is 547 g/mol. The van der Waals surface area contributed by atoms with Crippen molar-refractivity contribution in [2.75, 3.05) is 26.3 Å². The van der Waals surface area contributed by atoms with Gasteiger partial charge in [0, 0.05) is 38.0 Å². The number of nitrogens with zero attached hydrogens (tertiary/aromatic N) is 3. The fourth-order valence-electron chi connectivity index (χ4n) is 5.27. The van der Waals surface area contributed by atoms with Crippen LogP contribution >= 0.6 is 0 Å². The molecule has 1 saturated heterocycles. The van der Waals surface area contributed by atoms with Gasteiger partial charge in [-0.15, -0.1) is 0 Å². The highest BCUT2D eigenvalue weighted by molar-refractivity contribution is 7.89. The van der Waals surface area contributed by atoms with E-state index in [1.807, 2.05) is 13.8 Å². The highest BCUT2D eigenvalue weighted by Crippen LogP contribution is 2.34. The number of aromatic amines is 1. The largest absolute Gasteiger partial charge is 0.493 e. The number of ether oxygens (including phenoxy) is 1. The number of hydrogen-bond donors (Lipinski definition) is 3. The van der Waals surface area contributed by atoms with Gasteiger partial charge in [0.2, 0.25) is 10.0 Å². The number of benzene rings is 1. The lowest BCUT2D eigenvalue weighted by molar-refractivity contribution is 0.208. The summed E-state index contributed by atoms with van der Waals surface area (Å²) in [5.41, 5.74) is 2.34. The molecule has 4 rings (SSSR count). The van der Waals surface area contributed by atoms with Crippen molar-refractivity contribution >= 4 is 21.1 Å². The maximum atomic E-state index is 13.6. The summed E-state index contributed by atoms with van der Waals surface area (Å²) in [5, 5.41) is 19.2. The summed E-state index contributed by atoms with van der Waals surface area (Å²) in [7, 11) is -2.05. The summed E-state index contributed by atoms with van der Waals surface area (Å²) >= 11 is 0. The Hall–Kier alpha value is -2.73. The lowest BCUT2D eigenvalue weighted by Crippen LogP contribution is -2.38. The molecule has 0 aliphatic carbocycles. The Morgan fingerprint density at radius 1 is 1.16 bits per heavy atom. The van der Waals surface area contributed by atoms with Gasteiger partial charge in [0.25, 0.3) is 5.56 Å². The van der Waals surface area contributed by atoms with Gasteiger partial charge in [-0.2, -0.15) is 4.31 Å². The topological polar surface area (TPSA) is 138 Å². The predicted octanol–water partition coefficient (Wildman–Crippen LogP) is 2.95. The molecule has 3 N–H and O–H groups in total. The van der Waals surface area contributed by atoms with Gasteiger partial charge in [0.1, 0.15) is 17.1 Å². The van der Waals surface area contributed by atoms with Crippen molar-refractivity contribution in [3.63, 3.8) is 0 Å². The number of hydrogen-bond acceptors (Lipinski definition) is 7. The van der Waals surface area contributed by atoms with Crippen LogP contribution in [-0.2, 0) is 30.1 Å². The number of aliphatic hydroxyl groups is 2. The van der Waals surface area contributed by atoms with Crippen molar-refractivity contribution in [3.8, 4) is 17.1 Å². The molecule has 2 aromatic heterocycles. The molecule has 11 heteroatoms. The Morgan fingerprint density at radius 3 is 2.53 bits per heavy atom. The Bertz CT molecular complexity index is 1440. The molecule has 0 atom stereocenters. The normalized spacial score (nSPS) is 15.4. The minimum Gasteiger partial charge on any atom is -0.493 e. The molecule has 38 heavy (non-hydrogen) atoms. The van der Waals surface area contributed by atoms with Crippen LogP contribution in [0.1, 0.15) is 57.2 Å². The third kappa shape index (κ3) is 5.38. The smallest absolute Gasteiger partial charge is 0.275 e. The van der Waals surface area contributed by atoms with Crippen LogP contribution in [0.5, 0.6) is 5.75 Å². The van der Waals surface area contributed by atoms with Gasteiger partial charge in [-0.3, -0.25) is 4.79 Å². The number of piperidine rings is 1. The molecular formula is C27H38N4O6S. The van der Waals surface area contributed by atoms with E-state index in [1.54, 1.807) is 17.7 Å². The van der Waals surface area contributed by atoms with E-state index in [1.165, 1.54) is 16.4 Å². The standard InChI is InChI=1S/C27H38N4O6S/c1-4-6-20-22(17-33)30(3)25-24(20)28-26(29-27(25)34)21-16-19(7-8-23(21)37-15-5-2)38(35,36)31-12-9-18(10-13-31)11-14-32/h7-8,16,18,32-33H,4-6,9-15,17H2,1-3H3,(H,28,29,34). The summed E-state index contributed by atoms with van der Waals surface area (Å²) < 4.78 is 36.2. The summed E-state index contributed by atoms with van der Waals surface area (Å²) in [6, 6.07) is 4.69. The number of aliphatic hydroxyl groups excluding tert-OH is 2. The van der Waals surface area contributed by atoms with Crippen LogP contribution in [0.15, 0.2) is 27.9 Å². The van der Waals surface area contributed by atoms with E-state index >= 15 is 0 Å². The fraction of sp³-hybridized carbons (Fsp3) is 0.556. The minimum atomic E-state index is -3.79. The van der Waals surface area contributed by atoms with E-state index in [0.29, 0.717) is 79.3 Å². The van der Waals surface area contributed by atoms with Crippen molar-refractivity contribution in [1.82, 2.24) is 18.8 Å². The maximum Gasteiger partial charge on any atom is 0.275 e. The third-order valence-electron chi connectivity index (χ3n) is 7.34. The molecule has 3 aromatic rings. The van der Waals surface area contributed by atoms with E-state index in [0.717, 1.165) is 18.4 Å². The monoisotopic (exact) mass is 546 g/mol. The van der Waals surface area contributed by atoms with Crippen LogP contribution in [0.4, 0.5) is 0 Å². The first-order valence-electron chi connectivity index (χ1n) is 13.4. The molecule has 208 valence electrons. The van der Waals surface area contributed by atoms with E-state index < -0.39 is 10.0 Å². The van der Waals surface area contributed by atoms with Gasteiger partial charge >= 0.3 is 0 Å². The quantitative estimate of drug-likeness (QED) is 0.336. The number of H-pyrrole nitrogens is 1. The molecule has 0 spiro atoms. The summed E-state index contributed by atoms with van der Waals surface area (Å²) in [5.74, 6) is 0.977. The van der Waals surface area contributed by atoms with Crippen molar-refractivity contribution in [1.29, 1.82) is 0 Å². The van der Waals surface area contributed by atoms with Crippen molar-refractivity contribution < 1.29 is 23.4 Å². The molecule has 0 bridgehead atoms. The number of aromatic nitrogens is 3. The second kappa shape index (κ2) is 12.0. The fourth-order valence-corrected chi connectivity index (χ4v) is 6.76. The van der Waals surface area contributed by atoms with Crippen LogP contribution in [0.25, 0.3) is 22.4 Å². The van der Waals surface area contributed by atoms with E-state index in [9.17, 15) is 23.4 Å². The minimum absolute atomic E-state index is 0.108.